The van der Waals surface area contributed by atoms with E-state index in [4.69, 9.17) is 0 Å². The van der Waals surface area contributed by atoms with Crippen molar-refractivity contribution < 1.29 is 21.7 Å². The first-order valence-electron chi connectivity index (χ1n) is 10.9. The van der Waals surface area contributed by atoms with Crippen molar-refractivity contribution in [2.45, 2.75) is 110 Å². The topological polar surface area (TPSA) is 17.1 Å². The molecule has 0 fully saturated rings. The number of rotatable bonds is 19. The van der Waals surface area contributed by atoms with Gasteiger partial charge < -0.3 is 16.9 Å². The largest absolute Gasteiger partial charge is 1.00 e. The van der Waals surface area contributed by atoms with E-state index in [9.17, 15) is 4.79 Å². The van der Waals surface area contributed by atoms with Crippen LogP contribution in [0.15, 0.2) is 0 Å². The van der Waals surface area contributed by atoms with E-state index in [0.29, 0.717) is 6.54 Å². The normalized spacial score (nSPS) is 11.3. The Morgan fingerprint density at radius 1 is 0.600 bits per heavy atom. The standard InChI is InChI=1S/C22H46NO.ClH/c1-4-5-6-7-8-9-10-11-12-13-14-15-16-17-18-19-20-23(2,3)21-22-24;/h22H,4-21H2,1-3H3;1H/q+1;/p-1. The Morgan fingerprint density at radius 2 is 0.920 bits per heavy atom. The second-order valence-corrected chi connectivity index (χ2v) is 8.31. The summed E-state index contributed by atoms with van der Waals surface area (Å²) < 4.78 is 0.849. The van der Waals surface area contributed by atoms with Crippen LogP contribution in [0.2, 0.25) is 0 Å². The van der Waals surface area contributed by atoms with Crippen molar-refractivity contribution >= 4 is 6.29 Å². The number of likely N-dealkylation sites (N-methyl/N-ethyl adjacent to an activating group) is 1. The molecule has 0 unspecified atom stereocenters. The summed E-state index contributed by atoms with van der Waals surface area (Å²) in [5.41, 5.74) is 0. The van der Waals surface area contributed by atoms with Crippen molar-refractivity contribution in [1.82, 2.24) is 0 Å². The molecule has 0 saturated heterocycles. The molecule has 0 atom stereocenters. The maximum Gasteiger partial charge on any atom is 0.174 e. The average molecular weight is 376 g/mol. The molecule has 0 N–H and O–H groups in total. The molecule has 0 saturated carbocycles. The van der Waals surface area contributed by atoms with Gasteiger partial charge in [0.2, 0.25) is 0 Å². The molecule has 0 aliphatic heterocycles. The number of hydrogen-bond acceptors (Lipinski definition) is 1. The van der Waals surface area contributed by atoms with E-state index in [0.717, 1.165) is 17.3 Å². The quantitative estimate of drug-likeness (QED) is 0.192. The Kier molecular flexibility index (Phi) is 22.0. The summed E-state index contributed by atoms with van der Waals surface area (Å²) in [5, 5.41) is 0. The van der Waals surface area contributed by atoms with Crippen molar-refractivity contribution in [1.29, 1.82) is 0 Å². The summed E-state index contributed by atoms with van der Waals surface area (Å²) in [4.78, 5) is 10.6. The van der Waals surface area contributed by atoms with Crippen molar-refractivity contribution in [3.8, 4) is 0 Å². The molecule has 0 amide bonds. The summed E-state index contributed by atoms with van der Waals surface area (Å²) in [6.07, 6.45) is 23.7. The van der Waals surface area contributed by atoms with Gasteiger partial charge in [-0.15, -0.1) is 0 Å². The van der Waals surface area contributed by atoms with Crippen molar-refractivity contribution in [2.24, 2.45) is 0 Å². The number of aldehydes is 1. The van der Waals surface area contributed by atoms with Crippen LogP contribution in [0.3, 0.4) is 0 Å². The predicted octanol–water partition coefficient (Wildman–Crippen LogP) is 3.53. The van der Waals surface area contributed by atoms with Gasteiger partial charge in [0, 0.05) is 0 Å². The molecule has 0 heterocycles. The molecule has 0 aliphatic carbocycles. The second kappa shape index (κ2) is 20.2. The molecule has 2 nitrogen and oxygen atoms in total. The third-order valence-electron chi connectivity index (χ3n) is 5.19. The second-order valence-electron chi connectivity index (χ2n) is 8.31. The molecule has 0 aliphatic rings. The Balaban J connectivity index is 0. The summed E-state index contributed by atoms with van der Waals surface area (Å²) in [6, 6.07) is 0. The van der Waals surface area contributed by atoms with Crippen LogP contribution in [0, 0.1) is 0 Å². The molecule has 152 valence electrons. The minimum Gasteiger partial charge on any atom is -1.00 e. The molecule has 0 bridgehead atoms. The monoisotopic (exact) mass is 375 g/mol. The van der Waals surface area contributed by atoms with Gasteiger partial charge in [-0.2, -0.15) is 0 Å². The maximum atomic E-state index is 10.6. The lowest BCUT2D eigenvalue weighted by atomic mass is 10.0. The van der Waals surface area contributed by atoms with Gasteiger partial charge in [-0.1, -0.05) is 96.8 Å². The zero-order chi connectivity index (χ0) is 17.9. The van der Waals surface area contributed by atoms with Crippen LogP contribution >= 0.6 is 0 Å². The van der Waals surface area contributed by atoms with Crippen LogP contribution in [0.5, 0.6) is 0 Å². The van der Waals surface area contributed by atoms with E-state index in [1.807, 2.05) is 0 Å². The number of nitrogens with zero attached hydrogens (tertiary/aromatic N) is 1. The Morgan fingerprint density at radius 3 is 1.24 bits per heavy atom. The third-order valence-corrected chi connectivity index (χ3v) is 5.19. The lowest BCUT2D eigenvalue weighted by Crippen LogP contribution is -3.00. The number of quaternary nitrogens is 1. The van der Waals surface area contributed by atoms with E-state index in [1.165, 1.54) is 103 Å². The fraction of sp³-hybridized carbons (Fsp3) is 0.955. The van der Waals surface area contributed by atoms with Crippen LogP contribution in [0.25, 0.3) is 0 Å². The van der Waals surface area contributed by atoms with Gasteiger partial charge in [-0.3, -0.25) is 4.79 Å². The van der Waals surface area contributed by atoms with Crippen LogP contribution in [0.4, 0.5) is 0 Å². The first-order chi connectivity index (χ1) is 11.6. The van der Waals surface area contributed by atoms with Gasteiger partial charge in [-0.05, 0) is 12.8 Å². The average Bonchev–Trinajstić information content (AvgIpc) is 2.54. The van der Waals surface area contributed by atoms with E-state index >= 15 is 0 Å². The fourth-order valence-electron chi connectivity index (χ4n) is 3.38. The minimum atomic E-state index is 0. The fourth-order valence-corrected chi connectivity index (χ4v) is 3.38. The highest BCUT2D eigenvalue weighted by molar-refractivity contribution is 5.50. The Hall–Kier alpha value is -0.0800. The molecule has 0 spiro atoms. The SMILES string of the molecule is CCCCCCCCCCCCCCCCCC[N+](C)(C)CC=O.[Cl-]. The zero-order valence-electron chi connectivity index (χ0n) is 17.5. The molecule has 0 aromatic rings. The smallest absolute Gasteiger partial charge is 0.174 e. The molecule has 0 rings (SSSR count). The number of halogens is 1. The zero-order valence-corrected chi connectivity index (χ0v) is 18.3. The van der Waals surface area contributed by atoms with Gasteiger partial charge in [-0.25, -0.2) is 0 Å². The van der Waals surface area contributed by atoms with Crippen LogP contribution < -0.4 is 12.4 Å². The molecule has 25 heavy (non-hydrogen) atoms. The van der Waals surface area contributed by atoms with Crippen LogP contribution in [-0.4, -0.2) is 38.0 Å². The lowest BCUT2D eigenvalue weighted by Gasteiger charge is -2.27. The molecule has 0 radical (unpaired) electrons. The first-order valence-corrected chi connectivity index (χ1v) is 10.9. The predicted molar refractivity (Wildman–Crippen MR) is 107 cm³/mol. The maximum absolute atomic E-state index is 10.6. The van der Waals surface area contributed by atoms with Gasteiger partial charge >= 0.3 is 0 Å². The summed E-state index contributed by atoms with van der Waals surface area (Å²) >= 11 is 0. The Labute approximate surface area is 165 Å². The van der Waals surface area contributed by atoms with Crippen molar-refractivity contribution in [2.75, 3.05) is 27.2 Å². The number of hydrogen-bond donors (Lipinski definition) is 0. The molecular weight excluding hydrogens is 330 g/mol. The lowest BCUT2D eigenvalue weighted by molar-refractivity contribution is -0.881. The number of carbonyl (C=O) groups excluding carboxylic acids is 1. The van der Waals surface area contributed by atoms with E-state index in [2.05, 4.69) is 21.0 Å². The highest BCUT2D eigenvalue weighted by atomic mass is 35.5. The first kappa shape index (κ1) is 27.1. The number of unbranched alkanes of at least 4 members (excludes halogenated alkanes) is 15. The van der Waals surface area contributed by atoms with Crippen LogP contribution in [-0.2, 0) is 4.79 Å². The highest BCUT2D eigenvalue weighted by Gasteiger charge is 2.12. The third kappa shape index (κ3) is 21.9. The van der Waals surface area contributed by atoms with Crippen LogP contribution in [0.1, 0.15) is 110 Å². The molecular formula is C22H46ClNO. The van der Waals surface area contributed by atoms with Gasteiger partial charge in [0.25, 0.3) is 0 Å². The van der Waals surface area contributed by atoms with Crippen molar-refractivity contribution in [3.05, 3.63) is 0 Å². The summed E-state index contributed by atoms with van der Waals surface area (Å²) in [6.45, 7) is 4.08. The highest BCUT2D eigenvalue weighted by Crippen LogP contribution is 2.14. The van der Waals surface area contributed by atoms with Gasteiger partial charge in [0.05, 0.1) is 20.6 Å². The molecule has 3 heteroatoms. The molecule has 0 aromatic carbocycles. The summed E-state index contributed by atoms with van der Waals surface area (Å²) in [7, 11) is 4.30. The van der Waals surface area contributed by atoms with E-state index in [-0.39, 0.29) is 12.4 Å². The minimum absolute atomic E-state index is 0. The van der Waals surface area contributed by atoms with E-state index < -0.39 is 0 Å². The van der Waals surface area contributed by atoms with Gasteiger partial charge in [0.1, 0.15) is 6.54 Å². The molecule has 0 aromatic heterocycles. The van der Waals surface area contributed by atoms with Crippen molar-refractivity contribution in [3.63, 3.8) is 0 Å². The van der Waals surface area contributed by atoms with E-state index in [1.54, 1.807) is 0 Å². The Bertz CT molecular complexity index is 269. The summed E-state index contributed by atoms with van der Waals surface area (Å²) in [5.74, 6) is 0. The van der Waals surface area contributed by atoms with Gasteiger partial charge in [0.15, 0.2) is 6.29 Å². The number of carbonyl (C=O) groups is 1.